The summed E-state index contributed by atoms with van der Waals surface area (Å²) in [5.74, 6) is 0.113. The minimum atomic E-state index is 0.113. The van der Waals surface area contributed by atoms with Gasteiger partial charge in [0, 0.05) is 23.2 Å². The molecule has 1 aliphatic carbocycles. The molecule has 0 saturated heterocycles. The fourth-order valence-electron chi connectivity index (χ4n) is 1.30. The molecular formula is C8H6ClNO. The Bertz CT molecular complexity index is 322. The van der Waals surface area contributed by atoms with Gasteiger partial charge >= 0.3 is 0 Å². The van der Waals surface area contributed by atoms with Crippen LogP contribution in [0.2, 0.25) is 5.02 Å². The molecule has 0 spiro atoms. The SMILES string of the molecule is O=C1CCc2c(Cl)ccnc21. The second kappa shape index (κ2) is 2.31. The van der Waals surface area contributed by atoms with Gasteiger partial charge in [-0.2, -0.15) is 0 Å². The summed E-state index contributed by atoms with van der Waals surface area (Å²) in [5, 5.41) is 0.667. The van der Waals surface area contributed by atoms with Crippen molar-refractivity contribution in [3.63, 3.8) is 0 Å². The Kier molecular flexibility index (Phi) is 1.43. The molecule has 3 heteroatoms. The third-order valence-corrected chi connectivity index (χ3v) is 2.22. The standard InChI is InChI=1S/C8H6ClNO/c9-6-3-4-10-8-5(6)1-2-7(8)11/h3-4H,1-2H2. The van der Waals surface area contributed by atoms with E-state index in [0.29, 0.717) is 17.1 Å². The lowest BCUT2D eigenvalue weighted by Gasteiger charge is -1.96. The third-order valence-electron chi connectivity index (χ3n) is 1.86. The van der Waals surface area contributed by atoms with Gasteiger partial charge in [-0.05, 0) is 12.5 Å². The van der Waals surface area contributed by atoms with Crippen LogP contribution in [0, 0.1) is 0 Å². The molecule has 2 rings (SSSR count). The highest BCUT2D eigenvalue weighted by Crippen LogP contribution is 2.26. The van der Waals surface area contributed by atoms with Gasteiger partial charge in [0.15, 0.2) is 5.78 Å². The van der Waals surface area contributed by atoms with E-state index in [4.69, 9.17) is 11.6 Å². The Labute approximate surface area is 69.2 Å². The van der Waals surface area contributed by atoms with E-state index in [2.05, 4.69) is 4.98 Å². The van der Waals surface area contributed by atoms with E-state index < -0.39 is 0 Å². The molecule has 1 aliphatic rings. The van der Waals surface area contributed by atoms with E-state index in [1.165, 1.54) is 0 Å². The summed E-state index contributed by atoms with van der Waals surface area (Å²) >= 11 is 5.84. The summed E-state index contributed by atoms with van der Waals surface area (Å²) in [5.41, 5.74) is 1.48. The summed E-state index contributed by atoms with van der Waals surface area (Å²) in [7, 11) is 0. The summed E-state index contributed by atoms with van der Waals surface area (Å²) in [6.45, 7) is 0. The maximum atomic E-state index is 11.1. The van der Waals surface area contributed by atoms with Crippen molar-refractivity contribution in [2.24, 2.45) is 0 Å². The Morgan fingerprint density at radius 2 is 2.27 bits per heavy atom. The second-order valence-electron chi connectivity index (χ2n) is 2.54. The Morgan fingerprint density at radius 3 is 3.00 bits per heavy atom. The molecule has 11 heavy (non-hydrogen) atoms. The zero-order valence-electron chi connectivity index (χ0n) is 5.80. The molecule has 0 fully saturated rings. The number of rotatable bonds is 0. The van der Waals surface area contributed by atoms with Crippen LogP contribution in [0.25, 0.3) is 0 Å². The number of hydrogen-bond acceptors (Lipinski definition) is 2. The number of fused-ring (bicyclic) bond motifs is 1. The number of hydrogen-bond donors (Lipinski definition) is 0. The van der Waals surface area contributed by atoms with Gasteiger partial charge in [-0.15, -0.1) is 0 Å². The van der Waals surface area contributed by atoms with Gasteiger partial charge in [0.2, 0.25) is 0 Å². The van der Waals surface area contributed by atoms with Crippen LogP contribution in [0.15, 0.2) is 12.3 Å². The van der Waals surface area contributed by atoms with Crippen molar-refractivity contribution < 1.29 is 4.79 Å². The molecule has 0 saturated carbocycles. The molecule has 0 bridgehead atoms. The fourth-order valence-corrected chi connectivity index (χ4v) is 1.54. The number of carbonyl (C=O) groups excluding carboxylic acids is 1. The van der Waals surface area contributed by atoms with E-state index in [1.807, 2.05) is 0 Å². The zero-order chi connectivity index (χ0) is 7.84. The predicted molar refractivity (Wildman–Crippen MR) is 41.9 cm³/mol. The van der Waals surface area contributed by atoms with Crippen molar-refractivity contribution in [3.8, 4) is 0 Å². The van der Waals surface area contributed by atoms with E-state index in [1.54, 1.807) is 12.3 Å². The minimum absolute atomic E-state index is 0.113. The molecule has 0 radical (unpaired) electrons. The van der Waals surface area contributed by atoms with E-state index in [0.717, 1.165) is 12.0 Å². The molecule has 0 unspecified atom stereocenters. The molecule has 0 amide bonds. The van der Waals surface area contributed by atoms with Crippen LogP contribution in [-0.4, -0.2) is 10.8 Å². The highest BCUT2D eigenvalue weighted by atomic mass is 35.5. The van der Waals surface area contributed by atoms with E-state index >= 15 is 0 Å². The molecule has 0 atom stereocenters. The fraction of sp³-hybridized carbons (Fsp3) is 0.250. The Morgan fingerprint density at radius 1 is 1.45 bits per heavy atom. The van der Waals surface area contributed by atoms with Gasteiger partial charge in [-0.1, -0.05) is 11.6 Å². The summed E-state index contributed by atoms with van der Waals surface area (Å²) in [6.07, 6.45) is 2.89. The molecule has 1 heterocycles. The second-order valence-corrected chi connectivity index (χ2v) is 2.95. The molecule has 0 aliphatic heterocycles. The van der Waals surface area contributed by atoms with Crippen molar-refractivity contribution in [1.82, 2.24) is 4.98 Å². The monoisotopic (exact) mass is 167 g/mol. The molecule has 1 aromatic rings. The van der Waals surface area contributed by atoms with Crippen LogP contribution in [0.5, 0.6) is 0 Å². The molecule has 56 valence electrons. The largest absolute Gasteiger partial charge is 0.292 e. The number of carbonyl (C=O) groups is 1. The number of pyridine rings is 1. The van der Waals surface area contributed by atoms with E-state index in [-0.39, 0.29) is 5.78 Å². The zero-order valence-corrected chi connectivity index (χ0v) is 6.56. The van der Waals surface area contributed by atoms with Crippen LogP contribution >= 0.6 is 11.6 Å². The maximum Gasteiger partial charge on any atom is 0.181 e. The van der Waals surface area contributed by atoms with Crippen LogP contribution in [0.1, 0.15) is 22.5 Å². The maximum absolute atomic E-state index is 11.1. The number of nitrogens with zero attached hydrogens (tertiary/aromatic N) is 1. The molecule has 0 N–H and O–H groups in total. The van der Waals surface area contributed by atoms with E-state index in [9.17, 15) is 4.79 Å². The van der Waals surface area contributed by atoms with Gasteiger partial charge in [0.1, 0.15) is 5.69 Å². The first kappa shape index (κ1) is 6.80. The van der Waals surface area contributed by atoms with Crippen molar-refractivity contribution in [2.75, 3.05) is 0 Å². The summed E-state index contributed by atoms with van der Waals surface area (Å²) < 4.78 is 0. The highest BCUT2D eigenvalue weighted by Gasteiger charge is 2.22. The first-order chi connectivity index (χ1) is 5.29. The molecule has 2 nitrogen and oxygen atoms in total. The average molecular weight is 168 g/mol. The lowest BCUT2D eigenvalue weighted by atomic mass is 10.2. The number of aromatic nitrogens is 1. The van der Waals surface area contributed by atoms with Crippen molar-refractivity contribution in [3.05, 3.63) is 28.5 Å². The van der Waals surface area contributed by atoms with Gasteiger partial charge in [0.25, 0.3) is 0 Å². The summed E-state index contributed by atoms with van der Waals surface area (Å²) in [6, 6.07) is 1.72. The first-order valence-electron chi connectivity index (χ1n) is 3.45. The van der Waals surface area contributed by atoms with Crippen LogP contribution in [0.4, 0.5) is 0 Å². The summed E-state index contributed by atoms with van der Waals surface area (Å²) in [4.78, 5) is 15.1. The van der Waals surface area contributed by atoms with Gasteiger partial charge < -0.3 is 0 Å². The van der Waals surface area contributed by atoms with Crippen molar-refractivity contribution in [2.45, 2.75) is 12.8 Å². The lowest BCUT2D eigenvalue weighted by Crippen LogP contribution is -1.94. The number of Topliss-reactive ketones (excluding diaryl/α,β-unsaturated/α-hetero) is 1. The van der Waals surface area contributed by atoms with Gasteiger partial charge in [-0.3, -0.25) is 9.78 Å². The number of ketones is 1. The predicted octanol–water partition coefficient (Wildman–Crippen LogP) is 1.86. The Hall–Kier alpha value is -0.890. The lowest BCUT2D eigenvalue weighted by molar-refractivity contribution is 0.0990. The smallest absolute Gasteiger partial charge is 0.181 e. The van der Waals surface area contributed by atoms with Crippen LogP contribution in [0.3, 0.4) is 0 Å². The number of halogens is 1. The topological polar surface area (TPSA) is 30.0 Å². The van der Waals surface area contributed by atoms with Gasteiger partial charge in [-0.25, -0.2) is 0 Å². The average Bonchev–Trinajstić information content (AvgIpc) is 2.35. The molecular weight excluding hydrogens is 162 g/mol. The molecule has 0 aromatic carbocycles. The first-order valence-corrected chi connectivity index (χ1v) is 3.83. The van der Waals surface area contributed by atoms with Crippen LogP contribution in [-0.2, 0) is 6.42 Å². The van der Waals surface area contributed by atoms with Gasteiger partial charge in [0.05, 0.1) is 0 Å². The van der Waals surface area contributed by atoms with Crippen molar-refractivity contribution >= 4 is 17.4 Å². The quantitative estimate of drug-likeness (QED) is 0.591. The Balaban J connectivity index is 2.66. The highest BCUT2D eigenvalue weighted by molar-refractivity contribution is 6.32. The minimum Gasteiger partial charge on any atom is -0.292 e. The third kappa shape index (κ3) is 0.942. The van der Waals surface area contributed by atoms with Crippen LogP contribution < -0.4 is 0 Å². The normalized spacial score (nSPS) is 15.2. The molecule has 1 aromatic heterocycles. The van der Waals surface area contributed by atoms with Crippen molar-refractivity contribution in [1.29, 1.82) is 0 Å².